The van der Waals surface area contributed by atoms with Gasteiger partial charge in [-0.3, -0.25) is 4.79 Å². The van der Waals surface area contributed by atoms with Gasteiger partial charge in [-0.25, -0.2) is 14.6 Å². The van der Waals surface area contributed by atoms with Gasteiger partial charge < -0.3 is 29.0 Å². The fourth-order valence-electron chi connectivity index (χ4n) is 3.62. The van der Waals surface area contributed by atoms with Crippen LogP contribution in [0.5, 0.6) is 17.4 Å². The Labute approximate surface area is 211 Å². The number of aryl methyl sites for hydroxylation is 1. The minimum Gasteiger partial charge on any atom is -0.477 e. The lowest BCUT2D eigenvalue weighted by molar-refractivity contribution is -0.119. The quantitative estimate of drug-likeness (QED) is 0.427. The van der Waals surface area contributed by atoms with Crippen LogP contribution in [0.3, 0.4) is 0 Å². The van der Waals surface area contributed by atoms with E-state index >= 15 is 0 Å². The number of benzene rings is 1. The number of rotatable bonds is 9. The third-order valence-corrected chi connectivity index (χ3v) is 6.34. The number of amides is 1. The van der Waals surface area contributed by atoms with Crippen LogP contribution < -0.4 is 19.5 Å². The van der Waals surface area contributed by atoms with E-state index in [-0.39, 0.29) is 23.8 Å². The third kappa shape index (κ3) is 5.41. The van der Waals surface area contributed by atoms with Crippen LogP contribution in [0.2, 0.25) is 0 Å². The Balaban J connectivity index is 1.48. The maximum atomic E-state index is 12.7. The first-order valence-electron chi connectivity index (χ1n) is 11.0. The number of carbonyl (C=O) groups excluding carboxylic acids is 3. The molecule has 0 spiro atoms. The molecule has 0 saturated carbocycles. The molecule has 0 radical (unpaired) electrons. The number of pyridine rings is 1. The molecular weight excluding hydrogens is 488 g/mol. The zero-order valence-corrected chi connectivity index (χ0v) is 20.7. The van der Waals surface area contributed by atoms with Crippen LogP contribution in [0.1, 0.15) is 43.6 Å². The number of anilines is 1. The van der Waals surface area contributed by atoms with Crippen molar-refractivity contribution in [3.8, 4) is 17.4 Å². The van der Waals surface area contributed by atoms with Gasteiger partial charge in [-0.15, -0.1) is 11.3 Å². The standard InChI is InChI=1S/C25H24N2O8S/c1-4-32-22-16(6-5-9-26-22)24(29)33-12-20(28)27-23-21(25(30)31-3)17(14(2)36-23)10-15-7-8-18-19(11-15)35-13-34-18/h5-9,11H,4,10,12-13H2,1-3H3,(H,27,28). The maximum Gasteiger partial charge on any atom is 0.344 e. The molecule has 3 aromatic rings. The predicted octanol–water partition coefficient (Wildman–Crippen LogP) is 3.75. The molecule has 3 heterocycles. The van der Waals surface area contributed by atoms with Gasteiger partial charge in [0, 0.05) is 11.1 Å². The normalized spacial score (nSPS) is 11.6. The number of hydrogen-bond acceptors (Lipinski definition) is 10. The first kappa shape index (κ1) is 25.0. The van der Waals surface area contributed by atoms with Crippen LogP contribution in [0, 0.1) is 6.92 Å². The minimum absolute atomic E-state index is 0.111. The molecule has 0 unspecified atom stereocenters. The second-order valence-electron chi connectivity index (χ2n) is 7.61. The highest BCUT2D eigenvalue weighted by atomic mass is 32.1. The molecule has 1 aliphatic rings. The Bertz CT molecular complexity index is 1300. The molecule has 36 heavy (non-hydrogen) atoms. The third-order valence-electron chi connectivity index (χ3n) is 5.28. The number of ether oxygens (including phenoxy) is 5. The number of hydrogen-bond donors (Lipinski definition) is 1. The van der Waals surface area contributed by atoms with Crippen molar-refractivity contribution < 1.29 is 38.1 Å². The van der Waals surface area contributed by atoms with Gasteiger partial charge in [0.1, 0.15) is 10.6 Å². The Hall–Kier alpha value is -4.12. The molecule has 11 heteroatoms. The van der Waals surface area contributed by atoms with Crippen molar-refractivity contribution in [2.75, 3.05) is 32.4 Å². The van der Waals surface area contributed by atoms with E-state index in [1.807, 2.05) is 25.1 Å². The minimum atomic E-state index is -0.749. The van der Waals surface area contributed by atoms with E-state index in [0.717, 1.165) is 16.0 Å². The SMILES string of the molecule is CCOc1ncccc1C(=O)OCC(=O)Nc1sc(C)c(Cc2ccc3c(c2)OCO3)c1C(=O)OC. The molecule has 10 nitrogen and oxygen atoms in total. The summed E-state index contributed by atoms with van der Waals surface area (Å²) in [5, 5.41) is 2.98. The summed E-state index contributed by atoms with van der Waals surface area (Å²) in [7, 11) is 1.27. The van der Waals surface area contributed by atoms with Crippen molar-refractivity contribution in [1.29, 1.82) is 0 Å². The second kappa shape index (κ2) is 11.1. The molecule has 1 amide bonds. The van der Waals surface area contributed by atoms with E-state index in [0.29, 0.717) is 29.5 Å². The Morgan fingerprint density at radius 2 is 1.94 bits per heavy atom. The molecule has 0 saturated heterocycles. The highest BCUT2D eigenvalue weighted by Gasteiger charge is 2.25. The fourth-order valence-corrected chi connectivity index (χ4v) is 4.70. The smallest absolute Gasteiger partial charge is 0.344 e. The number of thiophene rings is 1. The van der Waals surface area contributed by atoms with Crippen molar-refractivity contribution in [2.24, 2.45) is 0 Å². The molecule has 0 bridgehead atoms. The summed E-state index contributed by atoms with van der Waals surface area (Å²) in [4.78, 5) is 42.6. The van der Waals surface area contributed by atoms with Crippen molar-refractivity contribution in [1.82, 2.24) is 4.98 Å². The van der Waals surface area contributed by atoms with E-state index < -0.39 is 24.5 Å². The summed E-state index contributed by atoms with van der Waals surface area (Å²) in [5.41, 5.74) is 1.98. The van der Waals surface area contributed by atoms with Crippen molar-refractivity contribution in [3.05, 3.63) is 63.7 Å². The first-order valence-corrected chi connectivity index (χ1v) is 11.9. The van der Waals surface area contributed by atoms with Crippen molar-refractivity contribution >= 4 is 34.2 Å². The summed E-state index contributed by atoms with van der Waals surface area (Å²) >= 11 is 1.24. The van der Waals surface area contributed by atoms with E-state index in [1.165, 1.54) is 30.7 Å². The zero-order chi connectivity index (χ0) is 25.7. The van der Waals surface area contributed by atoms with E-state index in [4.69, 9.17) is 23.7 Å². The molecule has 1 aromatic carbocycles. The number of carbonyl (C=O) groups is 3. The van der Waals surface area contributed by atoms with E-state index in [2.05, 4.69) is 10.3 Å². The van der Waals surface area contributed by atoms with Gasteiger partial charge in [0.25, 0.3) is 5.91 Å². The molecule has 0 aliphatic carbocycles. The topological polar surface area (TPSA) is 122 Å². The molecule has 188 valence electrons. The Morgan fingerprint density at radius 1 is 1.14 bits per heavy atom. The highest BCUT2D eigenvalue weighted by Crippen LogP contribution is 2.37. The lowest BCUT2D eigenvalue weighted by atomic mass is 10.0. The van der Waals surface area contributed by atoms with Gasteiger partial charge in [0.05, 0.1) is 19.3 Å². The molecular formula is C25H24N2O8S. The van der Waals surface area contributed by atoms with Crippen molar-refractivity contribution in [3.63, 3.8) is 0 Å². The number of fused-ring (bicyclic) bond motifs is 1. The zero-order valence-electron chi connectivity index (χ0n) is 19.9. The van der Waals surface area contributed by atoms with Gasteiger partial charge in [0.15, 0.2) is 18.1 Å². The fraction of sp³-hybridized carbons (Fsp3) is 0.280. The highest BCUT2D eigenvalue weighted by molar-refractivity contribution is 7.16. The summed E-state index contributed by atoms with van der Waals surface area (Å²) < 4.78 is 26.2. The Morgan fingerprint density at radius 3 is 2.72 bits per heavy atom. The van der Waals surface area contributed by atoms with Gasteiger partial charge in [-0.1, -0.05) is 6.07 Å². The summed E-state index contributed by atoms with van der Waals surface area (Å²) in [6, 6.07) is 8.62. The van der Waals surface area contributed by atoms with Crippen LogP contribution in [-0.4, -0.2) is 49.9 Å². The average Bonchev–Trinajstić information content (AvgIpc) is 3.46. The number of esters is 2. The molecule has 0 atom stereocenters. The molecule has 4 rings (SSSR count). The van der Waals surface area contributed by atoms with Crippen LogP contribution in [0.25, 0.3) is 0 Å². The predicted molar refractivity (Wildman–Crippen MR) is 130 cm³/mol. The first-order chi connectivity index (χ1) is 17.4. The molecule has 1 N–H and O–H groups in total. The lowest BCUT2D eigenvalue weighted by Crippen LogP contribution is -2.22. The number of aromatic nitrogens is 1. The number of nitrogens with zero attached hydrogens (tertiary/aromatic N) is 1. The molecule has 2 aromatic heterocycles. The average molecular weight is 513 g/mol. The van der Waals surface area contributed by atoms with Crippen LogP contribution >= 0.6 is 11.3 Å². The van der Waals surface area contributed by atoms with Gasteiger partial charge in [-0.05, 0) is 55.7 Å². The summed E-state index contributed by atoms with van der Waals surface area (Å²) in [6.45, 7) is 3.54. The summed E-state index contributed by atoms with van der Waals surface area (Å²) in [6.07, 6.45) is 1.90. The summed E-state index contributed by atoms with van der Waals surface area (Å²) in [5.74, 6) is -0.515. The van der Waals surface area contributed by atoms with Crippen LogP contribution in [-0.2, 0) is 20.7 Å². The van der Waals surface area contributed by atoms with Gasteiger partial charge in [0.2, 0.25) is 12.7 Å². The van der Waals surface area contributed by atoms with Gasteiger partial charge in [-0.2, -0.15) is 0 Å². The van der Waals surface area contributed by atoms with Crippen LogP contribution in [0.15, 0.2) is 36.5 Å². The Kier molecular flexibility index (Phi) is 7.69. The van der Waals surface area contributed by atoms with E-state index in [1.54, 1.807) is 13.0 Å². The largest absolute Gasteiger partial charge is 0.477 e. The lowest BCUT2D eigenvalue weighted by Gasteiger charge is -2.10. The van der Waals surface area contributed by atoms with Crippen LogP contribution in [0.4, 0.5) is 5.00 Å². The monoisotopic (exact) mass is 512 g/mol. The number of methoxy groups -OCH3 is 1. The van der Waals surface area contributed by atoms with E-state index in [9.17, 15) is 14.4 Å². The van der Waals surface area contributed by atoms with Crippen molar-refractivity contribution in [2.45, 2.75) is 20.3 Å². The van der Waals surface area contributed by atoms with Gasteiger partial charge >= 0.3 is 11.9 Å². The number of nitrogens with one attached hydrogen (secondary N) is 1. The second-order valence-corrected chi connectivity index (χ2v) is 8.84. The molecule has 1 aliphatic heterocycles. The molecule has 0 fully saturated rings. The maximum absolute atomic E-state index is 12.7.